The molecule has 0 rings (SSSR count). The summed E-state index contributed by atoms with van der Waals surface area (Å²) in [6, 6.07) is -0.824. The maximum atomic E-state index is 12.3. The maximum Gasteiger partial charge on any atom is 0.220 e. The van der Waals surface area contributed by atoms with E-state index in [4.69, 9.17) is 0 Å². The summed E-state index contributed by atoms with van der Waals surface area (Å²) in [5.74, 6) is -0.161. The van der Waals surface area contributed by atoms with Gasteiger partial charge in [-0.2, -0.15) is 0 Å². The first kappa shape index (κ1) is 42.8. The van der Waals surface area contributed by atoms with Crippen LogP contribution in [-0.2, 0) is 4.79 Å². The third-order valence-corrected chi connectivity index (χ3v) is 8.78. The minimum Gasteiger partial charge on any atom is -0.394 e. The molecule has 0 radical (unpaired) electrons. The van der Waals surface area contributed by atoms with Gasteiger partial charge >= 0.3 is 0 Å². The number of aliphatic hydroxyl groups is 3. The van der Waals surface area contributed by atoms with Crippen LogP contribution in [0.25, 0.3) is 0 Å². The van der Waals surface area contributed by atoms with E-state index in [1.807, 2.05) is 0 Å². The van der Waals surface area contributed by atoms with Crippen LogP contribution >= 0.6 is 0 Å². The van der Waals surface area contributed by atoms with Crippen molar-refractivity contribution < 1.29 is 20.1 Å². The van der Waals surface area contributed by atoms with Crippen LogP contribution in [-0.4, -0.2) is 46.1 Å². The molecule has 0 bridgehead atoms. The van der Waals surface area contributed by atoms with Crippen molar-refractivity contribution in [2.45, 2.75) is 212 Å². The Morgan fingerprint density at radius 3 is 1.32 bits per heavy atom. The molecule has 44 heavy (non-hydrogen) atoms. The zero-order valence-electron chi connectivity index (χ0n) is 29.3. The van der Waals surface area contributed by atoms with Gasteiger partial charge in [0, 0.05) is 6.42 Å². The highest BCUT2D eigenvalue weighted by Crippen LogP contribution is 2.14. The van der Waals surface area contributed by atoms with Gasteiger partial charge in [-0.05, 0) is 64.2 Å². The van der Waals surface area contributed by atoms with Crippen molar-refractivity contribution in [2.24, 2.45) is 0 Å². The molecule has 0 aliphatic heterocycles. The van der Waals surface area contributed by atoms with Gasteiger partial charge in [0.05, 0.1) is 18.8 Å². The van der Waals surface area contributed by atoms with Crippen LogP contribution in [0.1, 0.15) is 194 Å². The van der Waals surface area contributed by atoms with Crippen molar-refractivity contribution in [2.75, 3.05) is 6.61 Å². The highest BCUT2D eigenvalue weighted by Gasteiger charge is 2.26. The van der Waals surface area contributed by atoms with E-state index in [0.717, 1.165) is 38.5 Å². The molecule has 0 fully saturated rings. The van der Waals surface area contributed by atoms with Gasteiger partial charge < -0.3 is 20.6 Å². The van der Waals surface area contributed by atoms with Crippen LogP contribution in [0.3, 0.4) is 0 Å². The second kappa shape index (κ2) is 34.7. The summed E-state index contributed by atoms with van der Waals surface area (Å²) in [6.07, 6.45) is 39.9. The molecule has 0 saturated carbocycles. The second-order valence-corrected chi connectivity index (χ2v) is 13.1. The predicted octanol–water partition coefficient (Wildman–Crippen LogP) is 10.3. The van der Waals surface area contributed by atoms with E-state index < -0.39 is 18.2 Å². The molecule has 4 N–H and O–H groups in total. The van der Waals surface area contributed by atoms with Crippen LogP contribution in [0.5, 0.6) is 0 Å². The molecule has 3 unspecified atom stereocenters. The average molecular weight is 622 g/mol. The Morgan fingerprint density at radius 1 is 0.545 bits per heavy atom. The molecular formula is C39H75NO4. The van der Waals surface area contributed by atoms with Crippen LogP contribution in [0.2, 0.25) is 0 Å². The largest absolute Gasteiger partial charge is 0.394 e. The van der Waals surface area contributed by atoms with E-state index in [0.29, 0.717) is 12.8 Å². The monoisotopic (exact) mass is 622 g/mol. The first-order valence-corrected chi connectivity index (χ1v) is 19.1. The predicted molar refractivity (Wildman–Crippen MR) is 190 cm³/mol. The van der Waals surface area contributed by atoms with Crippen molar-refractivity contribution >= 4 is 5.91 Å². The number of carbonyl (C=O) groups excluding carboxylic acids is 1. The van der Waals surface area contributed by atoms with Crippen molar-refractivity contribution in [3.8, 4) is 0 Å². The third-order valence-electron chi connectivity index (χ3n) is 8.78. The van der Waals surface area contributed by atoms with E-state index in [2.05, 4.69) is 43.5 Å². The first-order chi connectivity index (χ1) is 21.6. The molecule has 1 amide bonds. The van der Waals surface area contributed by atoms with Crippen LogP contribution in [0, 0.1) is 0 Å². The van der Waals surface area contributed by atoms with E-state index in [1.54, 1.807) is 0 Å². The van der Waals surface area contributed by atoms with Gasteiger partial charge in [-0.3, -0.25) is 4.79 Å². The van der Waals surface area contributed by atoms with Gasteiger partial charge in [-0.25, -0.2) is 0 Å². The number of hydrogen-bond acceptors (Lipinski definition) is 4. The normalized spacial score (nSPS) is 14.0. The molecule has 0 saturated heterocycles. The second-order valence-electron chi connectivity index (χ2n) is 13.1. The van der Waals surface area contributed by atoms with Crippen molar-refractivity contribution in [1.82, 2.24) is 5.32 Å². The van der Waals surface area contributed by atoms with Gasteiger partial charge in [0.1, 0.15) is 6.10 Å². The minimum absolute atomic E-state index is 0.161. The molecule has 0 heterocycles. The summed E-state index contributed by atoms with van der Waals surface area (Å²) >= 11 is 0. The summed E-state index contributed by atoms with van der Waals surface area (Å²) in [7, 11) is 0. The smallest absolute Gasteiger partial charge is 0.220 e. The SMILES string of the molecule is CCCCCCC/C=C/CCCC(O)C(O)C(CO)NC(=O)CCCCCCCCC/C=C\CCCCCCCCCCC. The van der Waals surface area contributed by atoms with Gasteiger partial charge in [-0.1, -0.05) is 147 Å². The lowest BCUT2D eigenvalue weighted by Crippen LogP contribution is -2.50. The standard InChI is InChI=1S/C39H75NO4/c1-3-5-7-9-11-13-15-16-17-18-19-20-21-22-23-24-26-28-30-32-34-38(43)40-36(35-41)39(44)37(42)33-31-29-27-25-14-12-10-8-6-4-2/h19-20,25,27,36-37,39,41-42,44H,3-18,21-24,26,28-35H2,1-2H3,(H,40,43)/b20-19-,27-25+. The fourth-order valence-electron chi connectivity index (χ4n) is 5.74. The number of amides is 1. The molecular weight excluding hydrogens is 546 g/mol. The molecule has 0 spiro atoms. The molecule has 5 nitrogen and oxygen atoms in total. The zero-order valence-corrected chi connectivity index (χ0v) is 29.3. The molecule has 5 heteroatoms. The number of unbranched alkanes of at least 4 members (excludes halogenated alkanes) is 22. The molecule has 0 aliphatic rings. The molecule has 3 atom stereocenters. The van der Waals surface area contributed by atoms with Crippen LogP contribution in [0.4, 0.5) is 0 Å². The fraction of sp³-hybridized carbons (Fsp3) is 0.872. The summed E-state index contributed by atoms with van der Waals surface area (Å²) in [5.41, 5.74) is 0. The Hall–Kier alpha value is -1.17. The first-order valence-electron chi connectivity index (χ1n) is 19.1. The summed E-state index contributed by atoms with van der Waals surface area (Å²) < 4.78 is 0. The van der Waals surface area contributed by atoms with Crippen molar-refractivity contribution in [3.63, 3.8) is 0 Å². The quantitative estimate of drug-likeness (QED) is 0.0425. The molecule has 0 aromatic rings. The number of hydrogen-bond donors (Lipinski definition) is 4. The minimum atomic E-state index is -1.16. The van der Waals surface area contributed by atoms with Gasteiger partial charge in [0.15, 0.2) is 0 Å². The number of rotatable bonds is 34. The Balaban J connectivity index is 3.67. The van der Waals surface area contributed by atoms with Gasteiger partial charge in [0.2, 0.25) is 5.91 Å². The number of nitrogens with one attached hydrogen (secondary N) is 1. The lowest BCUT2D eigenvalue weighted by Gasteiger charge is -2.26. The Kier molecular flexibility index (Phi) is 33.8. The van der Waals surface area contributed by atoms with Crippen LogP contribution < -0.4 is 5.32 Å². The highest BCUT2D eigenvalue weighted by atomic mass is 16.3. The van der Waals surface area contributed by atoms with Gasteiger partial charge in [0.25, 0.3) is 0 Å². The highest BCUT2D eigenvalue weighted by molar-refractivity contribution is 5.76. The van der Waals surface area contributed by atoms with Gasteiger partial charge in [-0.15, -0.1) is 0 Å². The molecule has 260 valence electrons. The average Bonchev–Trinajstić information content (AvgIpc) is 3.03. The Labute approximate surface area is 273 Å². The van der Waals surface area contributed by atoms with Crippen LogP contribution in [0.15, 0.2) is 24.3 Å². The number of allylic oxidation sites excluding steroid dienone is 4. The van der Waals surface area contributed by atoms with E-state index in [1.165, 1.54) is 128 Å². The number of aliphatic hydroxyl groups excluding tert-OH is 3. The lowest BCUT2D eigenvalue weighted by molar-refractivity contribution is -0.124. The summed E-state index contributed by atoms with van der Waals surface area (Å²) in [4.78, 5) is 12.3. The maximum absolute atomic E-state index is 12.3. The van der Waals surface area contributed by atoms with Crippen molar-refractivity contribution in [3.05, 3.63) is 24.3 Å². The molecule has 0 aromatic carbocycles. The fourth-order valence-corrected chi connectivity index (χ4v) is 5.74. The third kappa shape index (κ3) is 29.5. The Bertz CT molecular complexity index is 650. The Morgan fingerprint density at radius 2 is 0.909 bits per heavy atom. The number of carbonyl (C=O) groups is 1. The topological polar surface area (TPSA) is 89.8 Å². The summed E-state index contributed by atoms with van der Waals surface area (Å²) in [5, 5.41) is 33.2. The van der Waals surface area contributed by atoms with E-state index >= 15 is 0 Å². The van der Waals surface area contributed by atoms with E-state index in [-0.39, 0.29) is 12.5 Å². The summed E-state index contributed by atoms with van der Waals surface area (Å²) in [6.45, 7) is 4.12. The molecule has 0 aromatic heterocycles. The molecule has 0 aliphatic carbocycles. The zero-order chi connectivity index (χ0) is 32.4. The lowest BCUT2D eigenvalue weighted by atomic mass is 10.0. The van der Waals surface area contributed by atoms with E-state index in [9.17, 15) is 20.1 Å². The van der Waals surface area contributed by atoms with Crippen molar-refractivity contribution in [1.29, 1.82) is 0 Å².